The number of piperazine rings is 1. The number of nitrogens with one attached hydrogen (secondary N) is 2. The third kappa shape index (κ3) is 4.49. The molecule has 0 saturated carbocycles. The molecule has 5 rings (SSSR count). The minimum Gasteiger partial charge on any atom is -0.492 e. The summed E-state index contributed by atoms with van der Waals surface area (Å²) in [5.74, 6) is 1.07. The van der Waals surface area contributed by atoms with E-state index < -0.39 is 0 Å². The summed E-state index contributed by atoms with van der Waals surface area (Å²) in [6.07, 6.45) is 0. The summed E-state index contributed by atoms with van der Waals surface area (Å²) in [6, 6.07) is 18.8. The van der Waals surface area contributed by atoms with Crippen molar-refractivity contribution in [3.05, 3.63) is 60.2 Å². The standard InChI is InChI=1S/C27H31N5O2/c1-4-33-27(28)21-8-10-25-24(15-21)26(30-29-25)20-6-5-19-14-23(9-7-18(19)13-20)34-17-22-16-31(2)11-12-32(22)3/h5-10,13-15,22,28H,4,11-12,16-17H2,1-3H3,(H,29,30). The van der Waals surface area contributed by atoms with Crippen molar-refractivity contribution in [2.24, 2.45) is 0 Å². The Morgan fingerprint density at radius 3 is 2.74 bits per heavy atom. The van der Waals surface area contributed by atoms with Crippen molar-refractivity contribution in [2.45, 2.75) is 13.0 Å². The molecule has 0 bridgehead atoms. The molecule has 7 nitrogen and oxygen atoms in total. The van der Waals surface area contributed by atoms with Crippen LogP contribution in [0.25, 0.3) is 32.9 Å². The molecule has 1 fully saturated rings. The number of hydrogen-bond acceptors (Lipinski definition) is 6. The number of aromatic nitrogens is 2. The molecule has 2 N–H and O–H groups in total. The number of hydrogen-bond donors (Lipinski definition) is 2. The molecule has 0 spiro atoms. The summed E-state index contributed by atoms with van der Waals surface area (Å²) in [7, 11) is 4.34. The number of nitrogens with zero attached hydrogens (tertiary/aromatic N) is 3. The summed E-state index contributed by atoms with van der Waals surface area (Å²) >= 11 is 0. The summed E-state index contributed by atoms with van der Waals surface area (Å²) < 4.78 is 11.5. The zero-order valence-corrected chi connectivity index (χ0v) is 20.0. The van der Waals surface area contributed by atoms with Crippen LogP contribution < -0.4 is 4.74 Å². The zero-order chi connectivity index (χ0) is 23.7. The van der Waals surface area contributed by atoms with Crippen molar-refractivity contribution in [3.63, 3.8) is 0 Å². The van der Waals surface area contributed by atoms with Gasteiger partial charge in [0, 0.05) is 36.1 Å². The molecule has 34 heavy (non-hydrogen) atoms. The van der Waals surface area contributed by atoms with Gasteiger partial charge in [0.05, 0.1) is 23.9 Å². The number of H-pyrrole nitrogens is 1. The van der Waals surface area contributed by atoms with Crippen molar-refractivity contribution in [1.82, 2.24) is 20.0 Å². The summed E-state index contributed by atoms with van der Waals surface area (Å²) in [6.45, 7) is 6.24. The van der Waals surface area contributed by atoms with Gasteiger partial charge in [-0.15, -0.1) is 0 Å². The molecular weight excluding hydrogens is 426 g/mol. The molecule has 1 unspecified atom stereocenters. The van der Waals surface area contributed by atoms with E-state index >= 15 is 0 Å². The number of fused-ring (bicyclic) bond motifs is 2. The first-order valence-electron chi connectivity index (χ1n) is 11.8. The number of rotatable bonds is 6. The summed E-state index contributed by atoms with van der Waals surface area (Å²) in [4.78, 5) is 4.74. The number of likely N-dealkylation sites (N-methyl/N-ethyl adjacent to an activating group) is 2. The molecule has 176 valence electrons. The fraction of sp³-hybridized carbons (Fsp3) is 0.333. The lowest BCUT2D eigenvalue weighted by Crippen LogP contribution is -2.52. The van der Waals surface area contributed by atoms with E-state index in [1.165, 1.54) is 0 Å². The lowest BCUT2D eigenvalue weighted by Gasteiger charge is -2.37. The van der Waals surface area contributed by atoms with Crippen molar-refractivity contribution in [2.75, 3.05) is 46.9 Å². The predicted molar refractivity (Wildman–Crippen MR) is 137 cm³/mol. The van der Waals surface area contributed by atoms with Crippen LogP contribution in [-0.4, -0.2) is 78.9 Å². The van der Waals surface area contributed by atoms with Crippen LogP contribution in [0.4, 0.5) is 0 Å². The molecule has 0 amide bonds. The van der Waals surface area contributed by atoms with Crippen LogP contribution in [0.5, 0.6) is 5.75 Å². The average Bonchev–Trinajstić information content (AvgIpc) is 3.27. The second kappa shape index (κ2) is 9.44. The van der Waals surface area contributed by atoms with Crippen LogP contribution in [0.3, 0.4) is 0 Å². The molecular formula is C27H31N5O2. The van der Waals surface area contributed by atoms with Crippen molar-refractivity contribution >= 4 is 27.6 Å². The first-order chi connectivity index (χ1) is 16.5. The minimum absolute atomic E-state index is 0.175. The molecule has 7 heteroatoms. The first kappa shape index (κ1) is 22.4. The van der Waals surface area contributed by atoms with Crippen molar-refractivity contribution in [3.8, 4) is 17.0 Å². The van der Waals surface area contributed by atoms with E-state index in [9.17, 15) is 0 Å². The largest absolute Gasteiger partial charge is 0.492 e. The number of aromatic amines is 1. The van der Waals surface area contributed by atoms with Crippen LogP contribution in [0.15, 0.2) is 54.6 Å². The molecule has 0 aliphatic carbocycles. The Morgan fingerprint density at radius 1 is 1.06 bits per heavy atom. The molecule has 1 aliphatic rings. The zero-order valence-electron chi connectivity index (χ0n) is 20.0. The molecule has 1 aliphatic heterocycles. The fourth-order valence-corrected chi connectivity index (χ4v) is 4.54. The summed E-state index contributed by atoms with van der Waals surface area (Å²) in [5, 5.41) is 19.0. The van der Waals surface area contributed by atoms with E-state index in [-0.39, 0.29) is 5.90 Å². The average molecular weight is 458 g/mol. The normalized spacial score (nSPS) is 17.3. The molecule has 2 heterocycles. The molecule has 1 atom stereocenters. The van der Waals surface area contributed by atoms with Gasteiger partial charge in [0.1, 0.15) is 12.4 Å². The van der Waals surface area contributed by atoms with Gasteiger partial charge in [0.25, 0.3) is 0 Å². The Bertz CT molecular complexity index is 1330. The van der Waals surface area contributed by atoms with Crippen LogP contribution in [0.1, 0.15) is 12.5 Å². The van der Waals surface area contributed by atoms with E-state index in [1.807, 2.05) is 31.2 Å². The van der Waals surface area contributed by atoms with Gasteiger partial charge in [-0.25, -0.2) is 0 Å². The Labute approximate surface area is 199 Å². The summed E-state index contributed by atoms with van der Waals surface area (Å²) in [5.41, 5.74) is 3.58. The van der Waals surface area contributed by atoms with E-state index in [4.69, 9.17) is 14.9 Å². The van der Waals surface area contributed by atoms with Gasteiger partial charge < -0.3 is 14.4 Å². The SMILES string of the molecule is CCOC(=N)c1ccc2[nH]nc(-c3ccc4cc(OCC5CN(C)CCN5C)ccc4c3)c2c1. The lowest BCUT2D eigenvalue weighted by atomic mass is 10.0. The fourth-order valence-electron chi connectivity index (χ4n) is 4.54. The number of ether oxygens (including phenoxy) is 2. The first-order valence-corrected chi connectivity index (χ1v) is 11.8. The van der Waals surface area contributed by atoms with Crippen molar-refractivity contribution < 1.29 is 9.47 Å². The predicted octanol–water partition coefficient (Wildman–Crippen LogP) is 4.37. The highest BCUT2D eigenvalue weighted by Crippen LogP contribution is 2.31. The Kier molecular flexibility index (Phi) is 6.22. The highest BCUT2D eigenvalue weighted by molar-refractivity contribution is 6.01. The molecule has 4 aromatic rings. The molecule has 0 radical (unpaired) electrons. The highest BCUT2D eigenvalue weighted by atomic mass is 16.5. The number of benzene rings is 3. The molecule has 3 aromatic carbocycles. The van der Waals surface area contributed by atoms with Gasteiger partial charge >= 0.3 is 0 Å². The Hall–Kier alpha value is -3.42. The van der Waals surface area contributed by atoms with E-state index in [0.717, 1.165) is 63.9 Å². The van der Waals surface area contributed by atoms with E-state index in [2.05, 4.69) is 64.4 Å². The lowest BCUT2D eigenvalue weighted by molar-refractivity contribution is 0.0782. The second-order valence-corrected chi connectivity index (χ2v) is 9.03. The van der Waals surface area contributed by atoms with Gasteiger partial charge in [0.15, 0.2) is 0 Å². The van der Waals surface area contributed by atoms with E-state index in [1.54, 1.807) is 0 Å². The smallest absolute Gasteiger partial charge is 0.213 e. The monoisotopic (exact) mass is 457 g/mol. The maximum atomic E-state index is 8.11. The van der Waals surface area contributed by atoms with Gasteiger partial charge in [-0.3, -0.25) is 15.4 Å². The molecule has 1 saturated heterocycles. The maximum Gasteiger partial charge on any atom is 0.213 e. The topological polar surface area (TPSA) is 77.5 Å². The highest BCUT2D eigenvalue weighted by Gasteiger charge is 2.22. The third-order valence-corrected chi connectivity index (χ3v) is 6.62. The van der Waals surface area contributed by atoms with Crippen molar-refractivity contribution in [1.29, 1.82) is 5.41 Å². The Balaban J connectivity index is 1.38. The van der Waals surface area contributed by atoms with Crippen LogP contribution in [0, 0.1) is 5.41 Å². The maximum absolute atomic E-state index is 8.11. The van der Waals surface area contributed by atoms with Crippen LogP contribution in [-0.2, 0) is 4.74 Å². The van der Waals surface area contributed by atoms with Gasteiger partial charge in [-0.05, 0) is 68.2 Å². The quantitative estimate of drug-likeness (QED) is 0.332. The van der Waals surface area contributed by atoms with Gasteiger partial charge in [-0.2, -0.15) is 5.10 Å². The van der Waals surface area contributed by atoms with Gasteiger partial charge in [0.2, 0.25) is 5.90 Å². The molecule has 1 aromatic heterocycles. The van der Waals surface area contributed by atoms with Gasteiger partial charge in [-0.1, -0.05) is 18.2 Å². The Morgan fingerprint density at radius 2 is 1.88 bits per heavy atom. The second-order valence-electron chi connectivity index (χ2n) is 9.03. The third-order valence-electron chi connectivity index (χ3n) is 6.62. The minimum atomic E-state index is 0.175. The van der Waals surface area contributed by atoms with Crippen LogP contribution in [0.2, 0.25) is 0 Å². The van der Waals surface area contributed by atoms with E-state index in [0.29, 0.717) is 19.3 Å². The van der Waals surface area contributed by atoms with Crippen LogP contribution >= 0.6 is 0 Å².